The topological polar surface area (TPSA) is 100 Å². The van der Waals surface area contributed by atoms with Crippen LogP contribution in [0.2, 0.25) is 0 Å². The van der Waals surface area contributed by atoms with Crippen molar-refractivity contribution in [2.45, 2.75) is 25.3 Å². The van der Waals surface area contributed by atoms with Crippen LogP contribution < -0.4 is 9.80 Å². The maximum Gasteiger partial charge on any atom is 0.236 e. The SMILES string of the molecule is CN(C)CCN(c1nc(-c2cnc3ccc(F)cn23)nc(-c2ccc(N3CCN(C)CC3)cc2)c1F)[C@@H]1CCCN(C(=O)CC#N)C1. The van der Waals surface area contributed by atoms with Crippen LogP contribution in [0.15, 0.2) is 48.8 Å². The maximum atomic E-state index is 17.0. The second-order valence-electron chi connectivity index (χ2n) is 12.6. The number of carbonyl (C=O) groups is 1. The number of pyridine rings is 1. The van der Waals surface area contributed by atoms with Gasteiger partial charge in [-0.1, -0.05) is 12.1 Å². The summed E-state index contributed by atoms with van der Waals surface area (Å²) in [6, 6.07) is 12.4. The van der Waals surface area contributed by atoms with Gasteiger partial charge in [-0.15, -0.1) is 0 Å². The number of hydrogen-bond acceptors (Lipinski definition) is 9. The average Bonchev–Trinajstić information content (AvgIpc) is 3.49. The zero-order valence-electron chi connectivity index (χ0n) is 27.1. The summed E-state index contributed by atoms with van der Waals surface area (Å²) in [5.41, 5.74) is 2.72. The number of fused-ring (bicyclic) bond motifs is 1. The molecule has 6 rings (SSSR count). The fourth-order valence-corrected chi connectivity index (χ4v) is 6.33. The van der Waals surface area contributed by atoms with E-state index in [4.69, 9.17) is 15.2 Å². The highest BCUT2D eigenvalue weighted by atomic mass is 19.1. The maximum absolute atomic E-state index is 17.0. The second-order valence-corrected chi connectivity index (χ2v) is 12.6. The molecule has 2 saturated heterocycles. The van der Waals surface area contributed by atoms with Crippen LogP contribution in [0.25, 0.3) is 28.4 Å². The number of nitrogens with zero attached hydrogens (tertiary/aromatic N) is 10. The van der Waals surface area contributed by atoms with Gasteiger partial charge in [-0.2, -0.15) is 5.26 Å². The van der Waals surface area contributed by atoms with E-state index in [-0.39, 0.29) is 35.7 Å². The summed E-state index contributed by atoms with van der Waals surface area (Å²) in [7, 11) is 6.01. The molecule has 2 fully saturated rings. The van der Waals surface area contributed by atoms with Crippen molar-refractivity contribution in [3.8, 4) is 28.8 Å². The van der Waals surface area contributed by atoms with Crippen LogP contribution in [0, 0.1) is 23.0 Å². The van der Waals surface area contributed by atoms with E-state index in [0.29, 0.717) is 49.5 Å². The van der Waals surface area contributed by atoms with Gasteiger partial charge in [0.15, 0.2) is 17.5 Å². The highest BCUT2D eigenvalue weighted by molar-refractivity contribution is 5.78. The van der Waals surface area contributed by atoms with E-state index in [9.17, 15) is 9.18 Å². The highest BCUT2D eigenvalue weighted by Gasteiger charge is 2.32. The third-order valence-corrected chi connectivity index (χ3v) is 9.02. The molecule has 0 aliphatic carbocycles. The molecule has 4 aromatic rings. The minimum atomic E-state index is -0.569. The van der Waals surface area contributed by atoms with Gasteiger partial charge in [0.2, 0.25) is 5.91 Å². The molecule has 1 aromatic carbocycles. The van der Waals surface area contributed by atoms with E-state index in [1.54, 1.807) is 21.6 Å². The van der Waals surface area contributed by atoms with Crippen LogP contribution in [0.4, 0.5) is 20.3 Å². The lowest BCUT2D eigenvalue weighted by Crippen LogP contribution is -2.51. The number of carbonyl (C=O) groups excluding carboxylic acids is 1. The lowest BCUT2D eigenvalue weighted by molar-refractivity contribution is -0.131. The molecule has 1 amide bonds. The zero-order valence-corrected chi connectivity index (χ0v) is 27.1. The van der Waals surface area contributed by atoms with E-state index in [2.05, 4.69) is 21.8 Å². The van der Waals surface area contributed by atoms with Gasteiger partial charge in [0.05, 0.1) is 12.3 Å². The Morgan fingerprint density at radius 2 is 1.79 bits per heavy atom. The predicted octanol–water partition coefficient (Wildman–Crippen LogP) is 3.76. The summed E-state index contributed by atoms with van der Waals surface area (Å²) in [6.45, 7) is 5.71. The Kier molecular flexibility index (Phi) is 9.60. The van der Waals surface area contributed by atoms with Crippen molar-refractivity contribution in [3.05, 3.63) is 60.4 Å². The smallest absolute Gasteiger partial charge is 0.236 e. The van der Waals surface area contributed by atoms with Gasteiger partial charge in [0.1, 0.15) is 29.3 Å². The fraction of sp³-hybridized carbons (Fsp3) is 0.441. The van der Waals surface area contributed by atoms with Crippen molar-refractivity contribution in [1.29, 1.82) is 5.26 Å². The number of halogens is 2. The number of piperidine rings is 1. The Balaban J connectivity index is 1.45. The van der Waals surface area contributed by atoms with E-state index in [1.165, 1.54) is 12.3 Å². The number of nitriles is 1. The molecule has 3 aromatic heterocycles. The summed E-state index contributed by atoms with van der Waals surface area (Å²) < 4.78 is 32.9. The van der Waals surface area contributed by atoms with Crippen molar-refractivity contribution in [1.82, 2.24) is 34.1 Å². The van der Waals surface area contributed by atoms with Crippen molar-refractivity contribution in [2.24, 2.45) is 0 Å². The molecular weight excluding hydrogens is 602 g/mol. The number of rotatable bonds is 9. The predicted molar refractivity (Wildman–Crippen MR) is 177 cm³/mol. The first kappa shape index (κ1) is 32.3. The number of likely N-dealkylation sites (N-methyl/N-ethyl adjacent to an activating group) is 2. The van der Waals surface area contributed by atoms with Crippen LogP contribution >= 0.6 is 0 Å². The molecule has 5 heterocycles. The molecule has 0 N–H and O–H groups in total. The average molecular weight is 643 g/mol. The molecule has 0 saturated carbocycles. The number of piperazine rings is 1. The Morgan fingerprint density at radius 3 is 2.51 bits per heavy atom. The lowest BCUT2D eigenvalue weighted by atomic mass is 10.0. The first-order valence-electron chi connectivity index (χ1n) is 16.0. The molecule has 1 atom stereocenters. The molecule has 246 valence electrons. The molecule has 47 heavy (non-hydrogen) atoms. The van der Waals surface area contributed by atoms with Crippen LogP contribution in [0.1, 0.15) is 19.3 Å². The number of hydrogen-bond donors (Lipinski definition) is 0. The van der Waals surface area contributed by atoms with Crippen LogP contribution in [0.5, 0.6) is 0 Å². The normalized spacial score (nSPS) is 17.3. The van der Waals surface area contributed by atoms with Gasteiger partial charge in [0.25, 0.3) is 0 Å². The van der Waals surface area contributed by atoms with Gasteiger partial charge >= 0.3 is 0 Å². The summed E-state index contributed by atoms with van der Waals surface area (Å²) in [5, 5.41) is 9.14. The Bertz CT molecular complexity index is 1760. The summed E-state index contributed by atoms with van der Waals surface area (Å²) in [4.78, 5) is 36.9. The quantitative estimate of drug-likeness (QED) is 0.270. The van der Waals surface area contributed by atoms with Gasteiger partial charge in [-0.25, -0.2) is 23.7 Å². The number of benzene rings is 1. The van der Waals surface area contributed by atoms with Crippen LogP contribution in [-0.4, -0.2) is 120 Å². The molecule has 11 nitrogen and oxygen atoms in total. The molecular formula is C34H40F2N10O. The van der Waals surface area contributed by atoms with Gasteiger partial charge in [-0.3, -0.25) is 9.20 Å². The largest absolute Gasteiger partial charge is 0.369 e. The number of amides is 1. The van der Waals surface area contributed by atoms with Crippen LogP contribution in [0.3, 0.4) is 0 Å². The fourth-order valence-electron chi connectivity index (χ4n) is 6.33. The summed E-state index contributed by atoms with van der Waals surface area (Å²) >= 11 is 0. The van der Waals surface area contributed by atoms with Crippen molar-refractivity contribution >= 4 is 23.1 Å². The van der Waals surface area contributed by atoms with Crippen LogP contribution in [-0.2, 0) is 4.79 Å². The second kappa shape index (κ2) is 14.0. The number of aromatic nitrogens is 4. The van der Waals surface area contributed by atoms with E-state index >= 15 is 4.39 Å². The first-order chi connectivity index (χ1) is 22.7. The monoisotopic (exact) mass is 642 g/mol. The van der Waals surface area contributed by atoms with Gasteiger partial charge in [-0.05, 0) is 58.3 Å². The first-order valence-corrected chi connectivity index (χ1v) is 16.0. The third kappa shape index (κ3) is 7.03. The zero-order chi connectivity index (χ0) is 33.1. The summed E-state index contributed by atoms with van der Waals surface area (Å²) in [5.74, 6) is -0.930. The minimum Gasteiger partial charge on any atom is -0.369 e. The Hall–Kier alpha value is -4.67. The van der Waals surface area contributed by atoms with Crippen molar-refractivity contribution < 1.29 is 13.6 Å². The molecule has 13 heteroatoms. The van der Waals surface area contributed by atoms with Crippen molar-refractivity contribution in [2.75, 3.05) is 83.3 Å². The van der Waals surface area contributed by atoms with Crippen molar-refractivity contribution in [3.63, 3.8) is 0 Å². The summed E-state index contributed by atoms with van der Waals surface area (Å²) in [6.07, 6.45) is 4.12. The van der Waals surface area contributed by atoms with Gasteiger partial charge < -0.3 is 24.5 Å². The Labute approximate surface area is 273 Å². The van der Waals surface area contributed by atoms with E-state index in [0.717, 1.165) is 38.3 Å². The molecule has 0 spiro atoms. The molecule has 2 aliphatic heterocycles. The molecule has 0 unspecified atom stereocenters. The lowest BCUT2D eigenvalue weighted by Gasteiger charge is -2.40. The molecule has 0 radical (unpaired) electrons. The number of likely N-dealkylation sites (tertiary alicyclic amines) is 1. The van der Waals surface area contributed by atoms with E-state index in [1.807, 2.05) is 54.2 Å². The molecule has 2 aliphatic rings. The third-order valence-electron chi connectivity index (χ3n) is 9.02. The standard InChI is InChI=1S/C34H40F2N10O/c1-41(2)15-20-45(27-5-4-14-44(23-27)30(47)12-13-37)34-31(36)32(24-6-9-26(10-7-24)43-18-16-42(3)17-19-43)39-33(40-34)28-21-38-29-11-8-25(35)22-46(28)29/h6-11,21-22,27H,4-5,12,14-20,23H2,1-3H3/t27-/m1/s1. The highest BCUT2D eigenvalue weighted by Crippen LogP contribution is 2.34. The number of anilines is 2. The molecule has 0 bridgehead atoms. The Morgan fingerprint density at radius 1 is 1.02 bits per heavy atom. The van der Waals surface area contributed by atoms with Gasteiger partial charge in [0, 0.05) is 75.8 Å². The minimum absolute atomic E-state index is 0.112. The number of imidazole rings is 1. The van der Waals surface area contributed by atoms with E-state index < -0.39 is 11.6 Å².